The van der Waals surface area contributed by atoms with Gasteiger partial charge < -0.3 is 14.8 Å². The first kappa shape index (κ1) is 8.23. The molecule has 1 unspecified atom stereocenters. The molecule has 0 aliphatic carbocycles. The molecule has 4 heteroatoms. The van der Waals surface area contributed by atoms with Crippen LogP contribution in [-0.4, -0.2) is 32.5 Å². The number of nitrogens with zero attached hydrogens (tertiary/aromatic N) is 2. The molecule has 0 saturated heterocycles. The molecule has 1 atom stereocenters. The number of aromatic nitrogens is 2. The highest BCUT2D eigenvalue weighted by Crippen LogP contribution is 1.98. The molecule has 0 fully saturated rings. The Morgan fingerprint density at radius 2 is 2.45 bits per heavy atom. The second-order valence-electron chi connectivity index (χ2n) is 2.49. The Bertz CT molecular complexity index is 222. The zero-order chi connectivity index (χ0) is 8.27. The first-order valence-corrected chi connectivity index (χ1v) is 3.49. The fourth-order valence-electron chi connectivity index (χ4n) is 0.868. The smallest absolute Gasteiger partial charge is 0.111 e. The molecule has 0 aliphatic rings. The van der Waals surface area contributed by atoms with Gasteiger partial charge in [-0.1, -0.05) is 0 Å². The Hall–Kier alpha value is -0.870. The molecule has 0 saturated carbocycles. The molecule has 0 aromatic carbocycles. The van der Waals surface area contributed by atoms with E-state index in [2.05, 4.69) is 4.98 Å². The van der Waals surface area contributed by atoms with Crippen LogP contribution in [-0.2, 0) is 13.5 Å². The highest BCUT2D eigenvalue weighted by atomic mass is 16.3. The summed E-state index contributed by atoms with van der Waals surface area (Å²) in [7, 11) is 1.85. The fraction of sp³-hybridized carbons (Fsp3) is 0.571. The van der Waals surface area contributed by atoms with Crippen LogP contribution in [0.15, 0.2) is 12.4 Å². The predicted molar refractivity (Wildman–Crippen MR) is 40.0 cm³/mol. The number of hydrogen-bond acceptors (Lipinski definition) is 3. The summed E-state index contributed by atoms with van der Waals surface area (Å²) in [5, 5.41) is 17.6. The van der Waals surface area contributed by atoms with Crippen molar-refractivity contribution in [2.75, 3.05) is 6.61 Å². The van der Waals surface area contributed by atoms with Gasteiger partial charge in [0.05, 0.1) is 12.7 Å². The van der Waals surface area contributed by atoms with Crippen molar-refractivity contribution in [1.82, 2.24) is 9.55 Å². The molecule has 0 spiro atoms. The number of aliphatic hydroxyl groups is 2. The molecule has 0 aliphatic heterocycles. The van der Waals surface area contributed by atoms with E-state index in [0.717, 1.165) is 5.82 Å². The lowest BCUT2D eigenvalue weighted by molar-refractivity contribution is 0.0933. The van der Waals surface area contributed by atoms with Gasteiger partial charge in [0.1, 0.15) is 5.82 Å². The van der Waals surface area contributed by atoms with Crippen molar-refractivity contribution in [2.45, 2.75) is 12.5 Å². The van der Waals surface area contributed by atoms with E-state index in [0.29, 0.717) is 6.42 Å². The second kappa shape index (κ2) is 3.50. The maximum absolute atomic E-state index is 9.05. The van der Waals surface area contributed by atoms with Gasteiger partial charge in [0.2, 0.25) is 0 Å². The van der Waals surface area contributed by atoms with Gasteiger partial charge in [0.15, 0.2) is 0 Å². The zero-order valence-electron chi connectivity index (χ0n) is 6.44. The molecule has 0 bridgehead atoms. The van der Waals surface area contributed by atoms with Gasteiger partial charge in [0, 0.05) is 25.9 Å². The molecule has 11 heavy (non-hydrogen) atoms. The number of aryl methyl sites for hydroxylation is 1. The number of hydrogen-bond donors (Lipinski definition) is 2. The van der Waals surface area contributed by atoms with Crippen LogP contribution in [0, 0.1) is 0 Å². The quantitative estimate of drug-likeness (QED) is 0.609. The highest BCUT2D eigenvalue weighted by molar-refractivity contribution is 4.92. The van der Waals surface area contributed by atoms with Crippen LogP contribution in [0.2, 0.25) is 0 Å². The average molecular weight is 156 g/mol. The largest absolute Gasteiger partial charge is 0.394 e. The summed E-state index contributed by atoms with van der Waals surface area (Å²) in [5.74, 6) is 0.784. The summed E-state index contributed by atoms with van der Waals surface area (Å²) in [6.07, 6.45) is 3.18. The van der Waals surface area contributed by atoms with Crippen molar-refractivity contribution in [3.05, 3.63) is 18.2 Å². The molecule has 1 heterocycles. The Morgan fingerprint density at radius 3 is 2.91 bits per heavy atom. The molecule has 1 aromatic rings. The van der Waals surface area contributed by atoms with Gasteiger partial charge >= 0.3 is 0 Å². The van der Waals surface area contributed by atoms with Gasteiger partial charge in [-0.3, -0.25) is 0 Å². The summed E-state index contributed by atoms with van der Waals surface area (Å²) in [4.78, 5) is 4.00. The third kappa shape index (κ3) is 2.03. The SMILES string of the molecule is Cn1ccnc1CC(O)CO. The topological polar surface area (TPSA) is 58.3 Å². The Kier molecular flexibility index (Phi) is 2.62. The summed E-state index contributed by atoms with van der Waals surface area (Å²) in [6.45, 7) is -0.215. The van der Waals surface area contributed by atoms with E-state index in [4.69, 9.17) is 10.2 Å². The van der Waals surface area contributed by atoms with Crippen LogP contribution in [0.4, 0.5) is 0 Å². The maximum atomic E-state index is 9.05. The molecule has 0 amide bonds. The van der Waals surface area contributed by atoms with Gasteiger partial charge in [-0.15, -0.1) is 0 Å². The lowest BCUT2D eigenvalue weighted by Crippen LogP contribution is -2.17. The van der Waals surface area contributed by atoms with E-state index in [9.17, 15) is 0 Å². The predicted octanol–water partition coefficient (Wildman–Crippen LogP) is -0.684. The Morgan fingerprint density at radius 1 is 1.73 bits per heavy atom. The zero-order valence-corrected chi connectivity index (χ0v) is 6.44. The van der Waals surface area contributed by atoms with Crippen molar-refractivity contribution in [3.63, 3.8) is 0 Å². The molecule has 0 radical (unpaired) electrons. The third-order valence-electron chi connectivity index (χ3n) is 1.55. The lowest BCUT2D eigenvalue weighted by atomic mass is 10.2. The molecular weight excluding hydrogens is 144 g/mol. The summed E-state index contributed by atoms with van der Waals surface area (Å²) in [5.41, 5.74) is 0. The van der Waals surface area contributed by atoms with Gasteiger partial charge in [0.25, 0.3) is 0 Å². The van der Waals surface area contributed by atoms with Crippen LogP contribution < -0.4 is 0 Å². The van der Waals surface area contributed by atoms with Crippen LogP contribution in [0.5, 0.6) is 0 Å². The fourth-order valence-corrected chi connectivity index (χ4v) is 0.868. The monoisotopic (exact) mass is 156 g/mol. The number of rotatable bonds is 3. The average Bonchev–Trinajstić information content (AvgIpc) is 2.37. The molecule has 1 aromatic heterocycles. The van der Waals surface area contributed by atoms with E-state index in [-0.39, 0.29) is 6.61 Å². The van der Waals surface area contributed by atoms with Crippen LogP contribution in [0.1, 0.15) is 5.82 Å². The van der Waals surface area contributed by atoms with Crippen LogP contribution in [0.25, 0.3) is 0 Å². The van der Waals surface area contributed by atoms with Crippen LogP contribution >= 0.6 is 0 Å². The van der Waals surface area contributed by atoms with Gasteiger partial charge in [-0.2, -0.15) is 0 Å². The van der Waals surface area contributed by atoms with E-state index in [1.165, 1.54) is 0 Å². The standard InChI is InChI=1S/C7H12N2O2/c1-9-3-2-8-7(9)4-6(11)5-10/h2-3,6,10-11H,4-5H2,1H3. The van der Waals surface area contributed by atoms with E-state index in [1.54, 1.807) is 12.4 Å². The van der Waals surface area contributed by atoms with E-state index >= 15 is 0 Å². The molecule has 2 N–H and O–H groups in total. The van der Waals surface area contributed by atoms with Crippen molar-refractivity contribution in [2.24, 2.45) is 7.05 Å². The van der Waals surface area contributed by atoms with E-state index in [1.807, 2.05) is 11.6 Å². The lowest BCUT2D eigenvalue weighted by Gasteiger charge is -2.05. The summed E-state index contributed by atoms with van der Waals surface area (Å²) < 4.78 is 1.82. The minimum Gasteiger partial charge on any atom is -0.394 e. The van der Waals surface area contributed by atoms with Crippen molar-refractivity contribution in [1.29, 1.82) is 0 Å². The normalized spacial score (nSPS) is 13.4. The number of imidazole rings is 1. The van der Waals surface area contributed by atoms with E-state index < -0.39 is 6.10 Å². The number of aliphatic hydroxyl groups excluding tert-OH is 2. The molecule has 4 nitrogen and oxygen atoms in total. The third-order valence-corrected chi connectivity index (χ3v) is 1.55. The van der Waals surface area contributed by atoms with Crippen molar-refractivity contribution in [3.8, 4) is 0 Å². The van der Waals surface area contributed by atoms with Crippen LogP contribution in [0.3, 0.4) is 0 Å². The van der Waals surface area contributed by atoms with Gasteiger partial charge in [-0.25, -0.2) is 4.98 Å². The Balaban J connectivity index is 2.56. The summed E-state index contributed by atoms with van der Waals surface area (Å²) in [6, 6.07) is 0. The minimum absolute atomic E-state index is 0.215. The highest BCUT2D eigenvalue weighted by Gasteiger charge is 2.06. The molecular formula is C7H12N2O2. The van der Waals surface area contributed by atoms with Crippen molar-refractivity contribution >= 4 is 0 Å². The molecule has 1 rings (SSSR count). The summed E-state index contributed by atoms with van der Waals surface area (Å²) >= 11 is 0. The first-order chi connectivity index (χ1) is 5.24. The Labute approximate surface area is 65.1 Å². The van der Waals surface area contributed by atoms with Crippen molar-refractivity contribution < 1.29 is 10.2 Å². The second-order valence-corrected chi connectivity index (χ2v) is 2.49. The first-order valence-electron chi connectivity index (χ1n) is 3.49. The van der Waals surface area contributed by atoms with Gasteiger partial charge in [-0.05, 0) is 0 Å². The molecule has 62 valence electrons. The maximum Gasteiger partial charge on any atom is 0.111 e. The minimum atomic E-state index is -0.698.